The molecular weight excluding hydrogens is 246 g/mol. The van der Waals surface area contributed by atoms with E-state index in [1.165, 1.54) is 16.7 Å². The summed E-state index contributed by atoms with van der Waals surface area (Å²) in [5.74, 6) is 0. The summed E-state index contributed by atoms with van der Waals surface area (Å²) in [5.41, 5.74) is 3.82. The van der Waals surface area contributed by atoms with Crippen molar-refractivity contribution in [2.75, 3.05) is 13.1 Å². The van der Waals surface area contributed by atoms with Crippen LogP contribution < -0.4 is 5.32 Å². The van der Waals surface area contributed by atoms with Gasteiger partial charge in [0.2, 0.25) is 0 Å². The van der Waals surface area contributed by atoms with Gasteiger partial charge in [-0.05, 0) is 36.2 Å². The highest BCUT2D eigenvalue weighted by Gasteiger charge is 1.97. The van der Waals surface area contributed by atoms with Gasteiger partial charge in [0.1, 0.15) is 0 Å². The molecule has 2 heteroatoms. The van der Waals surface area contributed by atoms with Gasteiger partial charge in [-0.25, -0.2) is 0 Å². The molecule has 2 nitrogen and oxygen atoms in total. The first-order valence-corrected chi connectivity index (χ1v) is 7.28. The predicted molar refractivity (Wildman–Crippen MR) is 83.6 cm³/mol. The van der Waals surface area contributed by atoms with Crippen LogP contribution in [0.3, 0.4) is 0 Å². The lowest BCUT2D eigenvalue weighted by molar-refractivity contribution is 0.107. The molecule has 0 radical (unpaired) electrons. The molecule has 0 amide bonds. The predicted octanol–water partition coefficient (Wildman–Crippen LogP) is 3.56. The van der Waals surface area contributed by atoms with Gasteiger partial charge in [-0.1, -0.05) is 61.5 Å². The van der Waals surface area contributed by atoms with Crippen molar-refractivity contribution in [1.82, 2.24) is 5.32 Å². The van der Waals surface area contributed by atoms with Crippen molar-refractivity contribution in [3.05, 3.63) is 71.3 Å². The number of hydrogen-bond donors (Lipinski definition) is 1. The molecule has 106 valence electrons. The highest BCUT2D eigenvalue weighted by Crippen LogP contribution is 2.08. The first kappa shape index (κ1) is 14.8. The van der Waals surface area contributed by atoms with Crippen molar-refractivity contribution in [3.63, 3.8) is 0 Å². The van der Waals surface area contributed by atoms with E-state index in [1.54, 1.807) is 0 Å². The molecule has 0 aromatic heterocycles. The van der Waals surface area contributed by atoms with Gasteiger partial charge < -0.3 is 10.1 Å². The second-order valence-corrected chi connectivity index (χ2v) is 4.90. The fourth-order valence-electron chi connectivity index (χ4n) is 2.07. The van der Waals surface area contributed by atoms with Crippen LogP contribution in [-0.4, -0.2) is 13.1 Å². The van der Waals surface area contributed by atoms with Crippen LogP contribution in [0.5, 0.6) is 0 Å². The van der Waals surface area contributed by atoms with Crippen molar-refractivity contribution in [3.8, 4) is 0 Å². The van der Waals surface area contributed by atoms with Crippen molar-refractivity contribution < 1.29 is 4.74 Å². The van der Waals surface area contributed by atoms with Gasteiger partial charge in [0.15, 0.2) is 0 Å². The van der Waals surface area contributed by atoms with Crippen LogP contribution in [0.2, 0.25) is 0 Å². The molecule has 2 aromatic carbocycles. The minimum absolute atomic E-state index is 0.669. The SMILES string of the molecule is CCNCCc1ccc(COCc2ccccc2)cc1. The van der Waals surface area contributed by atoms with Crippen molar-refractivity contribution in [1.29, 1.82) is 0 Å². The summed E-state index contributed by atoms with van der Waals surface area (Å²) < 4.78 is 5.73. The van der Waals surface area contributed by atoms with Gasteiger partial charge in [0.05, 0.1) is 13.2 Å². The zero-order valence-electron chi connectivity index (χ0n) is 12.1. The Morgan fingerprint density at radius 2 is 1.40 bits per heavy atom. The van der Waals surface area contributed by atoms with Crippen LogP contribution in [-0.2, 0) is 24.4 Å². The van der Waals surface area contributed by atoms with Crippen LogP contribution in [0.25, 0.3) is 0 Å². The van der Waals surface area contributed by atoms with Gasteiger partial charge in [-0.3, -0.25) is 0 Å². The van der Waals surface area contributed by atoms with Gasteiger partial charge in [-0.15, -0.1) is 0 Å². The summed E-state index contributed by atoms with van der Waals surface area (Å²) >= 11 is 0. The lowest BCUT2D eigenvalue weighted by Gasteiger charge is -2.06. The van der Waals surface area contributed by atoms with Crippen LogP contribution in [0, 0.1) is 0 Å². The Balaban J connectivity index is 1.73. The van der Waals surface area contributed by atoms with E-state index in [9.17, 15) is 0 Å². The Kier molecular flexibility index (Phi) is 6.28. The molecule has 0 aliphatic carbocycles. The van der Waals surface area contributed by atoms with Gasteiger partial charge in [-0.2, -0.15) is 0 Å². The Labute approximate surface area is 121 Å². The quantitative estimate of drug-likeness (QED) is 0.740. The third-order valence-corrected chi connectivity index (χ3v) is 3.24. The molecule has 0 aliphatic heterocycles. The lowest BCUT2D eigenvalue weighted by atomic mass is 10.1. The lowest BCUT2D eigenvalue weighted by Crippen LogP contribution is -2.15. The smallest absolute Gasteiger partial charge is 0.0721 e. The van der Waals surface area contributed by atoms with Gasteiger partial charge in [0, 0.05) is 0 Å². The molecule has 0 fully saturated rings. The van der Waals surface area contributed by atoms with E-state index in [-0.39, 0.29) is 0 Å². The second-order valence-electron chi connectivity index (χ2n) is 4.90. The third kappa shape index (κ3) is 5.16. The highest BCUT2D eigenvalue weighted by atomic mass is 16.5. The summed E-state index contributed by atoms with van der Waals surface area (Å²) in [5, 5.41) is 3.34. The largest absolute Gasteiger partial charge is 0.372 e. The van der Waals surface area contributed by atoms with Gasteiger partial charge in [0.25, 0.3) is 0 Å². The summed E-state index contributed by atoms with van der Waals surface area (Å²) in [6.07, 6.45) is 1.08. The minimum atomic E-state index is 0.669. The molecule has 1 N–H and O–H groups in total. The monoisotopic (exact) mass is 269 g/mol. The Morgan fingerprint density at radius 1 is 0.800 bits per heavy atom. The second kappa shape index (κ2) is 8.51. The average molecular weight is 269 g/mol. The van der Waals surface area contributed by atoms with Gasteiger partial charge >= 0.3 is 0 Å². The topological polar surface area (TPSA) is 21.3 Å². The molecule has 20 heavy (non-hydrogen) atoms. The number of benzene rings is 2. The number of rotatable bonds is 8. The maximum atomic E-state index is 5.73. The van der Waals surface area contributed by atoms with E-state index in [2.05, 4.69) is 48.6 Å². The first-order valence-electron chi connectivity index (χ1n) is 7.28. The maximum absolute atomic E-state index is 5.73. The molecule has 0 spiro atoms. The zero-order chi connectivity index (χ0) is 14.0. The normalized spacial score (nSPS) is 10.7. The number of nitrogens with one attached hydrogen (secondary N) is 1. The van der Waals surface area contributed by atoms with Crippen LogP contribution >= 0.6 is 0 Å². The standard InChI is InChI=1S/C18H23NO/c1-2-19-13-12-16-8-10-18(11-9-16)15-20-14-17-6-4-3-5-7-17/h3-11,19H,2,12-15H2,1H3. The summed E-state index contributed by atoms with van der Waals surface area (Å²) in [6, 6.07) is 19.0. The number of likely N-dealkylation sites (N-methyl/N-ethyl adjacent to an activating group) is 1. The first-order chi connectivity index (χ1) is 9.88. The Morgan fingerprint density at radius 3 is 2.05 bits per heavy atom. The van der Waals surface area contributed by atoms with E-state index >= 15 is 0 Å². The average Bonchev–Trinajstić information content (AvgIpc) is 2.50. The number of hydrogen-bond acceptors (Lipinski definition) is 2. The zero-order valence-corrected chi connectivity index (χ0v) is 12.1. The molecule has 0 heterocycles. The highest BCUT2D eigenvalue weighted by molar-refractivity contribution is 5.22. The van der Waals surface area contributed by atoms with E-state index < -0.39 is 0 Å². The molecule has 0 aliphatic rings. The molecule has 0 unspecified atom stereocenters. The van der Waals surface area contributed by atoms with Crippen LogP contribution in [0.15, 0.2) is 54.6 Å². The molecule has 0 bridgehead atoms. The maximum Gasteiger partial charge on any atom is 0.0721 e. The summed E-state index contributed by atoms with van der Waals surface area (Å²) in [7, 11) is 0. The summed E-state index contributed by atoms with van der Waals surface area (Å²) in [4.78, 5) is 0. The van der Waals surface area contributed by atoms with Crippen LogP contribution in [0.1, 0.15) is 23.6 Å². The van der Waals surface area contributed by atoms with E-state index in [0.717, 1.165) is 19.5 Å². The Hall–Kier alpha value is -1.64. The molecular formula is C18H23NO. The van der Waals surface area contributed by atoms with Crippen molar-refractivity contribution in [2.45, 2.75) is 26.6 Å². The fourth-order valence-corrected chi connectivity index (χ4v) is 2.07. The molecule has 0 saturated heterocycles. The molecule has 0 atom stereocenters. The van der Waals surface area contributed by atoms with E-state index in [4.69, 9.17) is 4.74 Å². The van der Waals surface area contributed by atoms with E-state index in [1.807, 2.05) is 18.2 Å². The summed E-state index contributed by atoms with van der Waals surface area (Å²) in [6.45, 7) is 5.55. The third-order valence-electron chi connectivity index (χ3n) is 3.24. The number of ether oxygens (including phenoxy) is 1. The fraction of sp³-hybridized carbons (Fsp3) is 0.333. The molecule has 0 saturated carbocycles. The van der Waals surface area contributed by atoms with Crippen molar-refractivity contribution >= 4 is 0 Å². The molecule has 2 aromatic rings. The van der Waals surface area contributed by atoms with E-state index in [0.29, 0.717) is 13.2 Å². The van der Waals surface area contributed by atoms with Crippen molar-refractivity contribution in [2.24, 2.45) is 0 Å². The minimum Gasteiger partial charge on any atom is -0.372 e. The van der Waals surface area contributed by atoms with Crippen LogP contribution in [0.4, 0.5) is 0 Å². The Bertz CT molecular complexity index is 479. The molecule has 2 rings (SSSR count).